The van der Waals surface area contributed by atoms with Crippen LogP contribution in [0.25, 0.3) is 16.9 Å². The number of carbonyl (C=O) groups is 2. The van der Waals surface area contributed by atoms with Gasteiger partial charge in [-0.05, 0) is 43.7 Å². The number of hydrogen-bond donors (Lipinski definition) is 1. The monoisotopic (exact) mass is 528 g/mol. The van der Waals surface area contributed by atoms with E-state index >= 15 is 0 Å². The second kappa shape index (κ2) is 9.62. The molecule has 0 aliphatic heterocycles. The van der Waals surface area contributed by atoms with Crippen LogP contribution in [0.15, 0.2) is 42.5 Å². The average molecular weight is 529 g/mol. The van der Waals surface area contributed by atoms with Crippen LogP contribution in [0.3, 0.4) is 0 Å². The van der Waals surface area contributed by atoms with Crippen LogP contribution < -0.4 is 5.32 Å². The van der Waals surface area contributed by atoms with Gasteiger partial charge < -0.3 is 10.1 Å². The lowest BCUT2D eigenvalue weighted by molar-refractivity contribution is -0.142. The van der Waals surface area contributed by atoms with Crippen molar-refractivity contribution in [3.8, 4) is 11.3 Å². The second-order valence-electron chi connectivity index (χ2n) is 8.92. The number of benzene rings is 1. The van der Waals surface area contributed by atoms with E-state index in [2.05, 4.69) is 22.3 Å². The lowest BCUT2D eigenvalue weighted by atomic mass is 9.88. The molecule has 1 N–H and O–H groups in total. The van der Waals surface area contributed by atoms with Crippen LogP contribution in [0, 0.1) is 5.92 Å². The van der Waals surface area contributed by atoms with E-state index in [-0.39, 0.29) is 23.6 Å². The quantitative estimate of drug-likeness (QED) is 0.320. The molecule has 3 heterocycles. The average Bonchev–Trinajstić information content (AvgIpc) is 3.44. The maximum atomic E-state index is 13.9. The molecule has 0 bridgehead atoms. The van der Waals surface area contributed by atoms with Crippen molar-refractivity contribution in [2.45, 2.75) is 39.3 Å². The minimum Gasteiger partial charge on any atom is -0.462 e. The predicted molar refractivity (Wildman–Crippen MR) is 133 cm³/mol. The summed E-state index contributed by atoms with van der Waals surface area (Å²) >= 11 is 1.29. The zero-order chi connectivity index (χ0) is 26.3. The van der Waals surface area contributed by atoms with E-state index < -0.39 is 23.7 Å². The molecule has 1 amide bonds. The van der Waals surface area contributed by atoms with Gasteiger partial charge in [-0.3, -0.25) is 4.79 Å². The molecule has 192 valence electrons. The summed E-state index contributed by atoms with van der Waals surface area (Å²) in [7, 11) is 0. The number of nitrogens with one attached hydrogen (secondary N) is 1. The summed E-state index contributed by atoms with van der Waals surface area (Å²) in [4.78, 5) is 31.2. The molecule has 11 heteroatoms. The minimum atomic E-state index is -4.73. The fraction of sp³-hybridized carbons (Fsp3) is 0.308. The van der Waals surface area contributed by atoms with Crippen LogP contribution in [-0.2, 0) is 23.8 Å². The number of amides is 1. The fourth-order valence-corrected chi connectivity index (χ4v) is 5.86. The summed E-state index contributed by atoms with van der Waals surface area (Å²) in [5, 5.41) is 6.94. The van der Waals surface area contributed by atoms with Crippen molar-refractivity contribution >= 4 is 33.9 Å². The molecule has 37 heavy (non-hydrogen) atoms. The van der Waals surface area contributed by atoms with Gasteiger partial charge in [-0.2, -0.15) is 18.3 Å². The number of halogens is 3. The van der Waals surface area contributed by atoms with E-state index in [0.717, 1.165) is 29.3 Å². The van der Waals surface area contributed by atoms with Gasteiger partial charge >= 0.3 is 12.1 Å². The van der Waals surface area contributed by atoms with Crippen LogP contribution in [0.4, 0.5) is 18.2 Å². The number of rotatable bonds is 5. The highest BCUT2D eigenvalue weighted by Gasteiger charge is 2.36. The fourth-order valence-electron chi connectivity index (χ4n) is 4.47. The summed E-state index contributed by atoms with van der Waals surface area (Å²) in [6.45, 7) is 3.99. The summed E-state index contributed by atoms with van der Waals surface area (Å²) in [5.41, 5.74) is 0.355. The van der Waals surface area contributed by atoms with Gasteiger partial charge in [0, 0.05) is 16.5 Å². The van der Waals surface area contributed by atoms with E-state index in [1.807, 2.05) is 0 Å². The Kier molecular flexibility index (Phi) is 6.49. The number of esters is 1. The molecule has 3 aromatic heterocycles. The zero-order valence-corrected chi connectivity index (χ0v) is 20.9. The number of carbonyl (C=O) groups excluding carboxylic acids is 2. The minimum absolute atomic E-state index is 0.108. The van der Waals surface area contributed by atoms with Gasteiger partial charge in [-0.1, -0.05) is 37.3 Å². The van der Waals surface area contributed by atoms with E-state index in [0.29, 0.717) is 33.0 Å². The molecule has 7 nitrogen and oxygen atoms in total. The first-order valence-corrected chi connectivity index (χ1v) is 12.6. The Hall–Kier alpha value is -3.73. The van der Waals surface area contributed by atoms with Crippen molar-refractivity contribution in [2.75, 3.05) is 11.9 Å². The summed E-state index contributed by atoms with van der Waals surface area (Å²) in [6.07, 6.45) is -2.36. The first-order valence-electron chi connectivity index (χ1n) is 11.8. The number of aromatic nitrogens is 3. The topological polar surface area (TPSA) is 85.6 Å². The number of ether oxygens (including phenoxy) is 1. The normalized spacial score (nSPS) is 15.4. The second-order valence-corrected chi connectivity index (χ2v) is 10.0. The standard InChI is InChI=1S/C26H23F3N4O3S/c1-3-36-25(35)22-16-10-9-14(2)11-19(16)37-24(22)31-23(34)18-13-21-30-17(15-7-5-4-6-8-15)12-20(26(27,28)29)33(21)32-18/h4-8,12-14H,3,9-11H2,1-2H3,(H,31,34)/t14-/m0/s1. The van der Waals surface area contributed by atoms with Crippen LogP contribution >= 0.6 is 11.3 Å². The van der Waals surface area contributed by atoms with E-state index in [1.54, 1.807) is 37.3 Å². The highest BCUT2D eigenvalue weighted by Crippen LogP contribution is 2.40. The van der Waals surface area contributed by atoms with Gasteiger partial charge in [0.1, 0.15) is 5.00 Å². The number of anilines is 1. The maximum Gasteiger partial charge on any atom is 0.433 e. The Morgan fingerprint density at radius 3 is 2.68 bits per heavy atom. The largest absolute Gasteiger partial charge is 0.462 e. The highest BCUT2D eigenvalue weighted by atomic mass is 32.1. The Labute approximate surface area is 214 Å². The van der Waals surface area contributed by atoms with Crippen molar-refractivity contribution in [1.29, 1.82) is 0 Å². The van der Waals surface area contributed by atoms with Gasteiger partial charge in [-0.15, -0.1) is 11.3 Å². The molecule has 0 spiro atoms. The Balaban J connectivity index is 1.54. The molecule has 0 saturated carbocycles. The van der Waals surface area contributed by atoms with Crippen molar-refractivity contribution in [3.05, 3.63) is 69.9 Å². The molecule has 5 rings (SSSR count). The first kappa shape index (κ1) is 24.9. The molecule has 1 aliphatic carbocycles. The predicted octanol–water partition coefficient (Wildman–Crippen LogP) is 6.03. The molecule has 0 saturated heterocycles. The summed E-state index contributed by atoms with van der Waals surface area (Å²) in [5.74, 6) is -0.834. The molecular weight excluding hydrogens is 505 g/mol. The molecular formula is C26H23F3N4O3S. The number of nitrogens with zero attached hydrogens (tertiary/aromatic N) is 3. The number of thiophene rings is 1. The van der Waals surface area contributed by atoms with Crippen molar-refractivity contribution in [2.24, 2.45) is 5.92 Å². The Morgan fingerprint density at radius 1 is 1.22 bits per heavy atom. The van der Waals surface area contributed by atoms with Gasteiger partial charge in [-0.25, -0.2) is 14.3 Å². The molecule has 4 aromatic rings. The van der Waals surface area contributed by atoms with Gasteiger partial charge in [0.15, 0.2) is 17.0 Å². The number of fused-ring (bicyclic) bond motifs is 2. The van der Waals surface area contributed by atoms with E-state index in [9.17, 15) is 22.8 Å². The van der Waals surface area contributed by atoms with Crippen molar-refractivity contribution in [3.63, 3.8) is 0 Å². The van der Waals surface area contributed by atoms with Crippen molar-refractivity contribution < 1.29 is 27.5 Å². The molecule has 0 unspecified atom stereocenters. The zero-order valence-electron chi connectivity index (χ0n) is 20.1. The Morgan fingerprint density at radius 2 is 1.97 bits per heavy atom. The molecule has 1 atom stereocenters. The summed E-state index contributed by atoms with van der Waals surface area (Å²) < 4.78 is 47.6. The summed E-state index contributed by atoms with van der Waals surface area (Å²) in [6, 6.07) is 10.6. The highest BCUT2D eigenvalue weighted by molar-refractivity contribution is 7.17. The van der Waals surface area contributed by atoms with Crippen LogP contribution in [0.1, 0.15) is 57.2 Å². The van der Waals surface area contributed by atoms with E-state index in [4.69, 9.17) is 4.74 Å². The van der Waals surface area contributed by atoms with Crippen LogP contribution in [-0.4, -0.2) is 33.1 Å². The lowest BCUT2D eigenvalue weighted by Gasteiger charge is -2.18. The number of hydrogen-bond acceptors (Lipinski definition) is 6. The molecule has 1 aromatic carbocycles. The van der Waals surface area contributed by atoms with Gasteiger partial charge in [0.2, 0.25) is 0 Å². The number of alkyl halides is 3. The SMILES string of the molecule is CCOC(=O)c1c(NC(=O)c2cc3nc(-c4ccccc4)cc(C(F)(F)F)n3n2)sc2c1CC[C@H](C)C2. The third-order valence-corrected chi connectivity index (χ3v) is 7.41. The van der Waals surface area contributed by atoms with Gasteiger partial charge in [0.25, 0.3) is 5.91 Å². The first-order chi connectivity index (χ1) is 17.7. The smallest absolute Gasteiger partial charge is 0.433 e. The van der Waals surface area contributed by atoms with Crippen LogP contribution in [0.5, 0.6) is 0 Å². The van der Waals surface area contributed by atoms with Crippen molar-refractivity contribution in [1.82, 2.24) is 14.6 Å². The molecule has 0 fully saturated rings. The third kappa shape index (κ3) is 4.83. The molecule has 0 radical (unpaired) electrons. The lowest BCUT2D eigenvalue weighted by Crippen LogP contribution is -2.17. The Bertz CT molecular complexity index is 1490. The van der Waals surface area contributed by atoms with E-state index in [1.165, 1.54) is 17.4 Å². The third-order valence-electron chi connectivity index (χ3n) is 6.24. The maximum absolute atomic E-state index is 13.9. The van der Waals surface area contributed by atoms with Gasteiger partial charge in [0.05, 0.1) is 17.9 Å². The van der Waals surface area contributed by atoms with Crippen LogP contribution in [0.2, 0.25) is 0 Å². The molecule has 1 aliphatic rings.